The summed E-state index contributed by atoms with van der Waals surface area (Å²) in [5.74, 6) is 0.0371. The van der Waals surface area contributed by atoms with Crippen molar-refractivity contribution in [3.63, 3.8) is 0 Å². The van der Waals surface area contributed by atoms with Gasteiger partial charge < -0.3 is 10.2 Å². The molecule has 3 aromatic rings. The molecule has 0 saturated carbocycles. The van der Waals surface area contributed by atoms with Crippen LogP contribution in [0.4, 0.5) is 11.4 Å². The van der Waals surface area contributed by atoms with Gasteiger partial charge in [0.1, 0.15) is 6.54 Å². The van der Waals surface area contributed by atoms with Crippen molar-refractivity contribution >= 4 is 35.0 Å². The summed E-state index contributed by atoms with van der Waals surface area (Å²) in [6.07, 6.45) is 0. The highest BCUT2D eigenvalue weighted by molar-refractivity contribution is 8.00. The number of aromatic nitrogens is 2. The molecule has 0 atom stereocenters. The molecule has 0 saturated heterocycles. The Balaban J connectivity index is 1.55. The Bertz CT molecular complexity index is 1050. The zero-order valence-corrected chi connectivity index (χ0v) is 16.5. The predicted molar refractivity (Wildman–Crippen MR) is 111 cm³/mol. The van der Waals surface area contributed by atoms with Gasteiger partial charge in [0, 0.05) is 4.90 Å². The molecule has 142 valence electrons. The second-order valence-electron chi connectivity index (χ2n) is 6.58. The number of amides is 2. The number of hydrogen-bond acceptors (Lipinski definition) is 4. The number of thioether (sulfide) groups is 1. The molecule has 2 amide bonds. The molecule has 1 aliphatic rings. The van der Waals surface area contributed by atoms with Crippen molar-refractivity contribution in [1.82, 2.24) is 9.78 Å². The van der Waals surface area contributed by atoms with Crippen LogP contribution >= 0.6 is 11.8 Å². The summed E-state index contributed by atoms with van der Waals surface area (Å²) in [6.45, 7) is 3.76. The molecule has 2 heterocycles. The van der Waals surface area contributed by atoms with Gasteiger partial charge in [-0.15, -0.1) is 11.8 Å². The fourth-order valence-electron chi connectivity index (χ4n) is 3.29. The third kappa shape index (κ3) is 3.41. The lowest BCUT2D eigenvalue weighted by Gasteiger charge is -2.28. The first-order valence-electron chi connectivity index (χ1n) is 8.98. The lowest BCUT2D eigenvalue weighted by molar-refractivity contribution is -0.120. The van der Waals surface area contributed by atoms with Gasteiger partial charge in [0.2, 0.25) is 11.8 Å². The third-order valence-electron chi connectivity index (χ3n) is 4.67. The number of benzene rings is 2. The number of aryl methyl sites for hydroxylation is 1. The maximum absolute atomic E-state index is 12.7. The number of carbonyl (C=O) groups excluding carboxylic acids is 2. The molecule has 1 aliphatic heterocycles. The van der Waals surface area contributed by atoms with Crippen molar-refractivity contribution < 1.29 is 9.59 Å². The summed E-state index contributed by atoms with van der Waals surface area (Å²) in [7, 11) is 0. The Morgan fingerprint density at radius 3 is 2.61 bits per heavy atom. The van der Waals surface area contributed by atoms with Gasteiger partial charge in [-0.05, 0) is 38.1 Å². The maximum atomic E-state index is 12.7. The smallest absolute Gasteiger partial charge is 0.244 e. The Labute approximate surface area is 167 Å². The quantitative estimate of drug-likeness (QED) is 0.737. The summed E-state index contributed by atoms with van der Waals surface area (Å²) in [5, 5.41) is 7.49. The van der Waals surface area contributed by atoms with E-state index in [2.05, 4.69) is 10.4 Å². The van der Waals surface area contributed by atoms with Gasteiger partial charge in [0.25, 0.3) is 0 Å². The molecule has 0 spiro atoms. The van der Waals surface area contributed by atoms with Gasteiger partial charge in [-0.1, -0.05) is 30.3 Å². The minimum Gasteiger partial charge on any atom is -0.321 e. The first kappa shape index (κ1) is 18.3. The average Bonchev–Trinajstić information content (AvgIpc) is 2.99. The molecule has 0 aliphatic carbocycles. The van der Waals surface area contributed by atoms with Crippen LogP contribution in [0.15, 0.2) is 59.5 Å². The zero-order chi connectivity index (χ0) is 19.7. The Morgan fingerprint density at radius 2 is 1.82 bits per heavy atom. The van der Waals surface area contributed by atoms with E-state index in [1.807, 2.05) is 73.1 Å². The zero-order valence-electron chi connectivity index (χ0n) is 15.7. The second kappa shape index (κ2) is 7.52. The number of hydrogen-bond donors (Lipinski definition) is 1. The monoisotopic (exact) mass is 392 g/mol. The second-order valence-corrected chi connectivity index (χ2v) is 7.59. The first-order chi connectivity index (χ1) is 13.5. The van der Waals surface area contributed by atoms with E-state index in [1.165, 1.54) is 11.8 Å². The molecule has 28 heavy (non-hydrogen) atoms. The molecule has 1 aromatic heterocycles. The number of nitrogens with one attached hydrogen (secondary N) is 1. The van der Waals surface area contributed by atoms with Crippen LogP contribution in [0.2, 0.25) is 0 Å². The summed E-state index contributed by atoms with van der Waals surface area (Å²) >= 11 is 1.50. The van der Waals surface area contributed by atoms with Crippen LogP contribution < -0.4 is 10.2 Å². The Morgan fingerprint density at radius 1 is 1.11 bits per heavy atom. The van der Waals surface area contributed by atoms with Crippen LogP contribution in [0.3, 0.4) is 0 Å². The van der Waals surface area contributed by atoms with Crippen LogP contribution in [-0.2, 0) is 9.59 Å². The summed E-state index contributed by atoms with van der Waals surface area (Å²) in [6, 6.07) is 17.4. The Hall–Kier alpha value is -3.06. The molecule has 2 aromatic carbocycles. The summed E-state index contributed by atoms with van der Waals surface area (Å²) in [4.78, 5) is 27.7. The van der Waals surface area contributed by atoms with E-state index in [1.54, 1.807) is 4.90 Å². The van der Waals surface area contributed by atoms with Crippen LogP contribution in [-0.4, -0.2) is 33.9 Å². The van der Waals surface area contributed by atoms with Crippen LogP contribution in [0.25, 0.3) is 5.69 Å². The average molecular weight is 392 g/mol. The summed E-state index contributed by atoms with van der Waals surface area (Å²) < 4.78 is 1.81. The fraction of sp³-hybridized carbons (Fsp3) is 0.190. The summed E-state index contributed by atoms with van der Waals surface area (Å²) in [5.41, 5.74) is 3.97. The fourth-order valence-corrected chi connectivity index (χ4v) is 4.23. The van der Waals surface area contributed by atoms with Gasteiger partial charge in [0.05, 0.1) is 34.2 Å². The molecule has 0 unspecified atom stereocenters. The minimum absolute atomic E-state index is 0.0220. The molecule has 0 bridgehead atoms. The minimum atomic E-state index is -0.242. The van der Waals surface area contributed by atoms with Gasteiger partial charge in [-0.25, -0.2) is 4.68 Å². The van der Waals surface area contributed by atoms with Crippen LogP contribution in [0.1, 0.15) is 11.4 Å². The van der Waals surface area contributed by atoms with E-state index in [-0.39, 0.29) is 18.4 Å². The van der Waals surface area contributed by atoms with Crippen molar-refractivity contribution in [3.05, 3.63) is 66.0 Å². The highest BCUT2D eigenvalue weighted by atomic mass is 32.2. The van der Waals surface area contributed by atoms with Crippen molar-refractivity contribution in [3.8, 4) is 5.69 Å². The SMILES string of the molecule is Cc1nn(-c2ccccc2)c(C)c1NC(=O)CN1C(=O)CSc2ccccc21. The molecule has 0 radical (unpaired) electrons. The highest BCUT2D eigenvalue weighted by Crippen LogP contribution is 2.34. The number of nitrogens with zero attached hydrogens (tertiary/aromatic N) is 3. The van der Waals surface area contributed by atoms with Crippen LogP contribution in [0, 0.1) is 13.8 Å². The molecule has 6 nitrogen and oxygen atoms in total. The van der Waals surface area contributed by atoms with E-state index >= 15 is 0 Å². The largest absolute Gasteiger partial charge is 0.321 e. The number of carbonyl (C=O) groups is 2. The Kier molecular flexibility index (Phi) is 4.92. The normalized spacial score (nSPS) is 13.4. The van der Waals surface area contributed by atoms with E-state index in [9.17, 15) is 9.59 Å². The van der Waals surface area contributed by atoms with Crippen molar-refractivity contribution in [2.75, 3.05) is 22.5 Å². The van der Waals surface area contributed by atoms with Gasteiger partial charge in [-0.3, -0.25) is 9.59 Å². The van der Waals surface area contributed by atoms with E-state index in [0.29, 0.717) is 11.4 Å². The predicted octanol–water partition coefficient (Wildman–Crippen LogP) is 3.57. The van der Waals surface area contributed by atoms with Crippen molar-refractivity contribution in [2.45, 2.75) is 18.7 Å². The van der Waals surface area contributed by atoms with Crippen molar-refractivity contribution in [2.24, 2.45) is 0 Å². The number of anilines is 2. The third-order valence-corrected chi connectivity index (χ3v) is 5.71. The standard InChI is InChI=1S/C21H20N4O2S/c1-14-21(15(2)25(23-14)16-8-4-3-5-9-16)22-19(26)12-24-17-10-6-7-11-18(17)28-13-20(24)27/h3-11H,12-13H2,1-2H3,(H,22,26). The maximum Gasteiger partial charge on any atom is 0.244 e. The molecule has 0 fully saturated rings. The number of fused-ring (bicyclic) bond motifs is 1. The topological polar surface area (TPSA) is 67.2 Å². The lowest BCUT2D eigenvalue weighted by atomic mass is 10.2. The molecular weight excluding hydrogens is 372 g/mol. The molecular formula is C21H20N4O2S. The number of rotatable bonds is 4. The molecule has 1 N–H and O–H groups in total. The lowest BCUT2D eigenvalue weighted by Crippen LogP contribution is -2.41. The molecule has 4 rings (SSSR count). The first-order valence-corrected chi connectivity index (χ1v) is 9.97. The van der Waals surface area contributed by atoms with E-state index in [4.69, 9.17) is 0 Å². The van der Waals surface area contributed by atoms with Gasteiger partial charge in [0.15, 0.2) is 0 Å². The van der Waals surface area contributed by atoms with Crippen LogP contribution in [0.5, 0.6) is 0 Å². The molecule has 7 heteroatoms. The number of para-hydroxylation sites is 2. The van der Waals surface area contributed by atoms with Gasteiger partial charge >= 0.3 is 0 Å². The van der Waals surface area contributed by atoms with Crippen molar-refractivity contribution in [1.29, 1.82) is 0 Å². The highest BCUT2D eigenvalue weighted by Gasteiger charge is 2.27. The van der Waals surface area contributed by atoms with Gasteiger partial charge in [-0.2, -0.15) is 5.10 Å². The van der Waals surface area contributed by atoms with E-state index < -0.39 is 0 Å². The van der Waals surface area contributed by atoms with E-state index in [0.717, 1.165) is 27.7 Å².